The molecule has 0 aliphatic rings. The van der Waals surface area contributed by atoms with Crippen LogP contribution < -0.4 is 34.7 Å². The van der Waals surface area contributed by atoms with E-state index in [4.69, 9.17) is 4.74 Å². The number of nitrogens with zero attached hydrogens (tertiary/aromatic N) is 1. The zero-order valence-electron chi connectivity index (χ0n) is 18.7. The van der Waals surface area contributed by atoms with Gasteiger partial charge in [0.1, 0.15) is 6.04 Å². The molecule has 0 fully saturated rings. The predicted molar refractivity (Wildman–Crippen MR) is 104 cm³/mol. The van der Waals surface area contributed by atoms with Crippen LogP contribution >= 0.6 is 0 Å². The Hall–Kier alpha value is -0.920. The Morgan fingerprint density at radius 3 is 1.66 bits per heavy atom. The first-order valence-corrected chi connectivity index (χ1v) is 10.6. The second-order valence-electron chi connectivity index (χ2n) is 7.04. The first kappa shape index (κ1) is 30.3. The Bertz CT molecular complexity index is 474. The van der Waals surface area contributed by atoms with Crippen LogP contribution in [0.1, 0.15) is 97.8 Å². The quantitative estimate of drug-likeness (QED) is 0.193. The molecule has 1 unspecified atom stereocenters. The van der Waals surface area contributed by atoms with Crippen molar-refractivity contribution in [3.05, 3.63) is 0 Å². The molecule has 0 rings (SSSR count). The van der Waals surface area contributed by atoms with Gasteiger partial charge in [-0.2, -0.15) is 0 Å². The van der Waals surface area contributed by atoms with Crippen LogP contribution in [-0.4, -0.2) is 41.3 Å². The number of carbonyl (C=O) groups excluding carboxylic acids is 4. The normalized spacial score (nSPS) is 11.3. The second-order valence-corrected chi connectivity index (χ2v) is 7.04. The number of unbranched alkanes of at least 4 members (excludes halogenated alkanes) is 6. The van der Waals surface area contributed by atoms with Gasteiger partial charge in [0, 0.05) is 25.2 Å². The number of imide groups is 1. The van der Waals surface area contributed by atoms with Crippen molar-refractivity contribution in [3.8, 4) is 0 Å². The number of esters is 1. The smallest absolute Gasteiger partial charge is 0.550 e. The summed E-state index contributed by atoms with van der Waals surface area (Å²) in [5, 5.41) is 11.2. The maximum Gasteiger partial charge on any atom is 1.00 e. The van der Waals surface area contributed by atoms with Gasteiger partial charge in [-0.15, -0.1) is 0 Å². The molecule has 0 aromatic rings. The van der Waals surface area contributed by atoms with Gasteiger partial charge < -0.3 is 14.6 Å². The average Bonchev–Trinajstić information content (AvgIpc) is 2.65. The summed E-state index contributed by atoms with van der Waals surface area (Å²) in [6.07, 6.45) is 6.83. The van der Waals surface area contributed by atoms with Crippen molar-refractivity contribution in [2.75, 3.05) is 6.61 Å². The van der Waals surface area contributed by atoms with Crippen molar-refractivity contribution in [1.29, 1.82) is 0 Å². The molecule has 1 atom stereocenters. The van der Waals surface area contributed by atoms with Gasteiger partial charge in [0.25, 0.3) is 0 Å². The molecule has 8 heteroatoms. The van der Waals surface area contributed by atoms with E-state index in [0.29, 0.717) is 19.3 Å². The molecule has 0 saturated carbocycles. The van der Waals surface area contributed by atoms with Crippen LogP contribution in [-0.2, 0) is 23.9 Å². The van der Waals surface area contributed by atoms with Crippen molar-refractivity contribution in [1.82, 2.24) is 4.90 Å². The van der Waals surface area contributed by atoms with E-state index < -0.39 is 36.2 Å². The summed E-state index contributed by atoms with van der Waals surface area (Å²) in [5.74, 6) is -3.40. The number of carbonyl (C=O) groups is 4. The van der Waals surface area contributed by atoms with Crippen LogP contribution in [0.3, 0.4) is 0 Å². The Balaban J connectivity index is 0. The SMILES string of the molecule is CCCCCCC(=O)N(C(=O)CCCCCC)C(CC(=O)[O-])C(=O)OCCC.[Na+]. The number of amides is 2. The Morgan fingerprint density at radius 2 is 1.28 bits per heavy atom. The number of rotatable bonds is 16. The molecule has 0 heterocycles. The average molecular weight is 422 g/mol. The molecule has 162 valence electrons. The number of hydrogen-bond donors (Lipinski definition) is 0. The van der Waals surface area contributed by atoms with Crippen molar-refractivity contribution in [2.24, 2.45) is 0 Å². The van der Waals surface area contributed by atoms with Crippen LogP contribution in [0.4, 0.5) is 0 Å². The number of ether oxygens (including phenoxy) is 1. The van der Waals surface area contributed by atoms with E-state index in [0.717, 1.165) is 43.4 Å². The van der Waals surface area contributed by atoms with Gasteiger partial charge in [0.05, 0.1) is 6.61 Å². The number of carboxylic acids is 1. The van der Waals surface area contributed by atoms with E-state index in [1.54, 1.807) is 6.92 Å². The summed E-state index contributed by atoms with van der Waals surface area (Å²) in [5.41, 5.74) is 0. The van der Waals surface area contributed by atoms with Gasteiger partial charge in [-0.1, -0.05) is 59.3 Å². The summed E-state index contributed by atoms with van der Waals surface area (Å²) in [7, 11) is 0. The van der Waals surface area contributed by atoms with Crippen LogP contribution in [0.2, 0.25) is 0 Å². The summed E-state index contributed by atoms with van der Waals surface area (Å²) in [4.78, 5) is 49.8. The van der Waals surface area contributed by atoms with Gasteiger partial charge >= 0.3 is 35.5 Å². The molecular formula is C21H36NNaO6. The third-order valence-corrected chi connectivity index (χ3v) is 4.42. The van der Waals surface area contributed by atoms with Crippen molar-refractivity contribution >= 4 is 23.8 Å². The van der Waals surface area contributed by atoms with Gasteiger partial charge in [0.2, 0.25) is 11.8 Å². The zero-order valence-corrected chi connectivity index (χ0v) is 20.7. The second kappa shape index (κ2) is 19.1. The molecule has 0 spiro atoms. The molecule has 29 heavy (non-hydrogen) atoms. The molecule has 0 bridgehead atoms. The molecule has 0 saturated heterocycles. The Kier molecular flexibility index (Phi) is 19.9. The van der Waals surface area contributed by atoms with E-state index >= 15 is 0 Å². The minimum Gasteiger partial charge on any atom is -0.550 e. The molecule has 0 aromatic heterocycles. The topological polar surface area (TPSA) is 104 Å². The van der Waals surface area contributed by atoms with Gasteiger partial charge in [-0.3, -0.25) is 14.5 Å². The fourth-order valence-electron chi connectivity index (χ4n) is 2.87. The van der Waals surface area contributed by atoms with Crippen LogP contribution in [0.25, 0.3) is 0 Å². The minimum absolute atomic E-state index is 0. The van der Waals surface area contributed by atoms with Crippen molar-refractivity contribution in [3.63, 3.8) is 0 Å². The van der Waals surface area contributed by atoms with E-state index in [9.17, 15) is 24.3 Å². The summed E-state index contributed by atoms with van der Waals surface area (Å²) >= 11 is 0. The first-order valence-electron chi connectivity index (χ1n) is 10.6. The van der Waals surface area contributed by atoms with Crippen LogP contribution in [0, 0.1) is 0 Å². The molecule has 0 N–H and O–H groups in total. The third kappa shape index (κ3) is 13.8. The largest absolute Gasteiger partial charge is 1.00 e. The predicted octanol–water partition coefficient (Wildman–Crippen LogP) is -0.252. The first-order chi connectivity index (χ1) is 13.4. The molecule has 2 amide bonds. The fraction of sp³-hybridized carbons (Fsp3) is 0.810. The zero-order chi connectivity index (χ0) is 21.4. The minimum atomic E-state index is -1.50. The standard InChI is InChI=1S/C21H37NO6.Na/c1-4-7-9-11-13-18(23)22(19(24)14-12-10-8-5-2)17(16-20(25)26)21(27)28-15-6-3;/h17H,4-16H2,1-3H3,(H,25,26);/q;+1/p-1. The molecule has 0 aliphatic heterocycles. The van der Waals surface area contributed by atoms with E-state index in [1.807, 2.05) is 13.8 Å². The van der Waals surface area contributed by atoms with Crippen molar-refractivity contribution in [2.45, 2.75) is 104 Å². The fourth-order valence-corrected chi connectivity index (χ4v) is 2.87. The van der Waals surface area contributed by atoms with Crippen LogP contribution in [0.15, 0.2) is 0 Å². The molecule has 0 radical (unpaired) electrons. The number of carboxylic acid groups (broad SMARTS) is 1. The van der Waals surface area contributed by atoms with Crippen molar-refractivity contribution < 1.29 is 58.6 Å². The monoisotopic (exact) mass is 421 g/mol. The van der Waals surface area contributed by atoms with E-state index in [-0.39, 0.29) is 49.0 Å². The molecule has 0 aromatic carbocycles. The summed E-state index contributed by atoms with van der Waals surface area (Å²) in [6, 6.07) is -1.46. The Labute approximate surface area is 197 Å². The molecule has 7 nitrogen and oxygen atoms in total. The summed E-state index contributed by atoms with van der Waals surface area (Å²) < 4.78 is 5.05. The number of aliphatic carboxylic acids is 1. The Morgan fingerprint density at radius 1 is 0.793 bits per heavy atom. The number of hydrogen-bond acceptors (Lipinski definition) is 6. The molecule has 0 aliphatic carbocycles. The molecular weight excluding hydrogens is 385 g/mol. The van der Waals surface area contributed by atoms with Gasteiger partial charge in [-0.05, 0) is 19.3 Å². The maximum absolute atomic E-state index is 12.7. The van der Waals surface area contributed by atoms with E-state index in [2.05, 4.69) is 0 Å². The van der Waals surface area contributed by atoms with Gasteiger partial charge in [0.15, 0.2) is 0 Å². The van der Waals surface area contributed by atoms with Crippen LogP contribution in [0.5, 0.6) is 0 Å². The summed E-state index contributed by atoms with van der Waals surface area (Å²) in [6.45, 7) is 6.00. The van der Waals surface area contributed by atoms with Gasteiger partial charge in [-0.25, -0.2) is 4.79 Å². The van der Waals surface area contributed by atoms with E-state index in [1.165, 1.54) is 0 Å². The maximum atomic E-state index is 12.7. The third-order valence-electron chi connectivity index (χ3n) is 4.42.